The van der Waals surface area contributed by atoms with E-state index in [4.69, 9.17) is 4.42 Å². The summed E-state index contributed by atoms with van der Waals surface area (Å²) < 4.78 is 5.07. The van der Waals surface area contributed by atoms with E-state index in [-0.39, 0.29) is 36.6 Å². The van der Waals surface area contributed by atoms with Crippen LogP contribution in [0.1, 0.15) is 41.9 Å². The van der Waals surface area contributed by atoms with Gasteiger partial charge in [0.05, 0.1) is 18.5 Å². The summed E-state index contributed by atoms with van der Waals surface area (Å²) in [6.07, 6.45) is 6.40. The van der Waals surface area contributed by atoms with Gasteiger partial charge in [-0.15, -0.1) is 0 Å². The van der Waals surface area contributed by atoms with Crippen LogP contribution in [0.2, 0.25) is 0 Å². The third-order valence-corrected chi connectivity index (χ3v) is 4.73. The van der Waals surface area contributed by atoms with E-state index in [9.17, 15) is 9.59 Å². The number of carbonyl (C=O) groups excluding carboxylic acids is 2. The largest absolute Gasteiger partial charge is 0.459 e. The fourth-order valence-electron chi connectivity index (χ4n) is 3.32. The standard InChI is InChI=1S/C20H26N4O3/c25-19(9-13-23-20(26)18-7-4-14-27-18)24(15-16-5-1-2-11-22-16)17-6-3-10-21-12-8-17/h1-2,4-5,7,11,14,17,21H,3,6,8-10,12-13,15H2,(H,23,26). The van der Waals surface area contributed by atoms with Crippen molar-refractivity contribution in [2.24, 2.45) is 0 Å². The second-order valence-electron chi connectivity index (χ2n) is 6.66. The molecule has 1 aliphatic rings. The highest BCUT2D eigenvalue weighted by Gasteiger charge is 2.25. The smallest absolute Gasteiger partial charge is 0.286 e. The van der Waals surface area contributed by atoms with Gasteiger partial charge in [-0.25, -0.2) is 0 Å². The van der Waals surface area contributed by atoms with E-state index in [1.54, 1.807) is 18.3 Å². The average molecular weight is 370 g/mol. The lowest BCUT2D eigenvalue weighted by Crippen LogP contribution is -2.42. The number of amides is 2. The minimum atomic E-state index is -0.303. The number of nitrogens with zero attached hydrogens (tertiary/aromatic N) is 2. The Morgan fingerprint density at radius 3 is 2.93 bits per heavy atom. The normalized spacial score (nSPS) is 17.1. The van der Waals surface area contributed by atoms with Crippen molar-refractivity contribution in [3.63, 3.8) is 0 Å². The number of carbonyl (C=O) groups is 2. The zero-order valence-corrected chi connectivity index (χ0v) is 15.4. The van der Waals surface area contributed by atoms with Gasteiger partial charge in [0, 0.05) is 25.2 Å². The Morgan fingerprint density at radius 2 is 2.15 bits per heavy atom. The van der Waals surface area contributed by atoms with Crippen LogP contribution in [0.3, 0.4) is 0 Å². The molecule has 2 amide bonds. The molecule has 1 unspecified atom stereocenters. The number of hydrogen-bond acceptors (Lipinski definition) is 5. The van der Waals surface area contributed by atoms with Crippen molar-refractivity contribution in [3.05, 3.63) is 54.2 Å². The number of rotatable bonds is 7. The Hall–Kier alpha value is -2.67. The van der Waals surface area contributed by atoms with Crippen LogP contribution >= 0.6 is 0 Å². The maximum absolute atomic E-state index is 12.9. The molecule has 0 aliphatic carbocycles. The van der Waals surface area contributed by atoms with Gasteiger partial charge in [-0.2, -0.15) is 0 Å². The molecule has 1 saturated heterocycles. The molecule has 2 aromatic heterocycles. The molecule has 0 saturated carbocycles. The molecule has 0 radical (unpaired) electrons. The minimum absolute atomic E-state index is 0.0345. The van der Waals surface area contributed by atoms with Crippen molar-refractivity contribution in [2.45, 2.75) is 38.3 Å². The molecule has 0 bridgehead atoms. The van der Waals surface area contributed by atoms with Gasteiger partial charge >= 0.3 is 0 Å². The zero-order chi connectivity index (χ0) is 18.9. The Balaban J connectivity index is 1.60. The van der Waals surface area contributed by atoms with Gasteiger partial charge in [-0.05, 0) is 56.6 Å². The highest BCUT2D eigenvalue weighted by Crippen LogP contribution is 2.17. The molecule has 1 atom stereocenters. The van der Waals surface area contributed by atoms with E-state index in [0.29, 0.717) is 6.54 Å². The lowest BCUT2D eigenvalue weighted by molar-refractivity contribution is -0.134. The molecule has 2 N–H and O–H groups in total. The number of hydrogen-bond donors (Lipinski definition) is 2. The summed E-state index contributed by atoms with van der Waals surface area (Å²) in [5.41, 5.74) is 0.877. The quantitative estimate of drug-likeness (QED) is 0.778. The summed E-state index contributed by atoms with van der Waals surface area (Å²) in [5, 5.41) is 6.13. The van der Waals surface area contributed by atoms with Crippen LogP contribution in [-0.4, -0.2) is 47.4 Å². The summed E-state index contributed by atoms with van der Waals surface area (Å²) >= 11 is 0. The predicted molar refractivity (Wildman–Crippen MR) is 101 cm³/mol. The number of nitrogens with one attached hydrogen (secondary N) is 2. The lowest BCUT2D eigenvalue weighted by atomic mass is 10.1. The summed E-state index contributed by atoms with van der Waals surface area (Å²) in [7, 11) is 0. The monoisotopic (exact) mass is 370 g/mol. The van der Waals surface area contributed by atoms with Crippen molar-refractivity contribution >= 4 is 11.8 Å². The van der Waals surface area contributed by atoms with Crippen LogP contribution in [0.25, 0.3) is 0 Å². The highest BCUT2D eigenvalue weighted by molar-refractivity contribution is 5.91. The Morgan fingerprint density at radius 1 is 1.22 bits per heavy atom. The van der Waals surface area contributed by atoms with Crippen molar-refractivity contribution < 1.29 is 14.0 Å². The Kier molecular flexibility index (Phi) is 6.98. The van der Waals surface area contributed by atoms with Gasteiger partial charge in [0.25, 0.3) is 5.91 Å². The minimum Gasteiger partial charge on any atom is -0.459 e. The molecule has 1 fully saturated rings. The molecule has 0 aromatic carbocycles. The molecular formula is C20H26N4O3. The first kappa shape index (κ1) is 19.1. The van der Waals surface area contributed by atoms with Gasteiger partial charge in [-0.3, -0.25) is 14.6 Å². The van der Waals surface area contributed by atoms with Crippen LogP contribution in [0.5, 0.6) is 0 Å². The molecule has 144 valence electrons. The number of aromatic nitrogens is 1. The van der Waals surface area contributed by atoms with Crippen LogP contribution in [-0.2, 0) is 11.3 Å². The van der Waals surface area contributed by atoms with Gasteiger partial charge in [0.1, 0.15) is 0 Å². The van der Waals surface area contributed by atoms with E-state index < -0.39 is 0 Å². The molecule has 3 rings (SSSR count). The molecule has 1 aliphatic heterocycles. The van der Waals surface area contributed by atoms with Crippen molar-refractivity contribution in [2.75, 3.05) is 19.6 Å². The lowest BCUT2D eigenvalue weighted by Gasteiger charge is -2.31. The molecule has 7 heteroatoms. The summed E-state index contributed by atoms with van der Waals surface area (Å²) in [5.74, 6) is -0.0160. The van der Waals surface area contributed by atoms with E-state index in [1.807, 2.05) is 23.1 Å². The van der Waals surface area contributed by atoms with Crippen molar-refractivity contribution in [1.82, 2.24) is 20.5 Å². The van der Waals surface area contributed by atoms with Gasteiger partial charge in [0.2, 0.25) is 5.91 Å². The summed E-state index contributed by atoms with van der Waals surface area (Å²) in [6.45, 7) is 2.67. The van der Waals surface area contributed by atoms with Gasteiger partial charge < -0.3 is 20.0 Å². The summed E-state index contributed by atoms with van der Waals surface area (Å²) in [6, 6.07) is 9.19. The van der Waals surface area contributed by atoms with Crippen LogP contribution < -0.4 is 10.6 Å². The first-order valence-electron chi connectivity index (χ1n) is 9.46. The molecule has 3 heterocycles. The van der Waals surface area contributed by atoms with Gasteiger partial charge in [-0.1, -0.05) is 6.07 Å². The average Bonchev–Trinajstić information content (AvgIpc) is 3.10. The van der Waals surface area contributed by atoms with Crippen LogP contribution in [0.15, 0.2) is 47.2 Å². The molecule has 7 nitrogen and oxygen atoms in total. The van der Waals surface area contributed by atoms with Crippen LogP contribution in [0.4, 0.5) is 0 Å². The molecule has 27 heavy (non-hydrogen) atoms. The van der Waals surface area contributed by atoms with Crippen LogP contribution in [0, 0.1) is 0 Å². The topological polar surface area (TPSA) is 87.5 Å². The van der Waals surface area contributed by atoms with E-state index >= 15 is 0 Å². The SMILES string of the molecule is O=C(NCCC(=O)N(Cc1ccccn1)C1CCCNCC1)c1ccco1. The van der Waals surface area contributed by atoms with E-state index in [1.165, 1.54) is 6.26 Å². The summed E-state index contributed by atoms with van der Waals surface area (Å²) in [4.78, 5) is 31.2. The fourth-order valence-corrected chi connectivity index (χ4v) is 3.32. The Labute approximate surface area is 159 Å². The zero-order valence-electron chi connectivity index (χ0n) is 15.4. The molecule has 0 spiro atoms. The molecule has 2 aromatic rings. The maximum atomic E-state index is 12.9. The third-order valence-electron chi connectivity index (χ3n) is 4.73. The maximum Gasteiger partial charge on any atom is 0.286 e. The number of pyridine rings is 1. The Bertz CT molecular complexity index is 710. The highest BCUT2D eigenvalue weighted by atomic mass is 16.3. The second-order valence-corrected chi connectivity index (χ2v) is 6.66. The number of furan rings is 1. The predicted octanol–water partition coefficient (Wildman–Crippen LogP) is 1.97. The van der Waals surface area contributed by atoms with Gasteiger partial charge in [0.15, 0.2) is 5.76 Å². The molecular weight excluding hydrogens is 344 g/mol. The second kappa shape index (κ2) is 9.87. The third kappa shape index (κ3) is 5.65. The van der Waals surface area contributed by atoms with E-state index in [0.717, 1.165) is 38.0 Å². The van der Waals surface area contributed by atoms with Crippen molar-refractivity contribution in [3.8, 4) is 0 Å². The fraction of sp³-hybridized carbons (Fsp3) is 0.450. The van der Waals surface area contributed by atoms with Crippen molar-refractivity contribution in [1.29, 1.82) is 0 Å². The first-order chi connectivity index (χ1) is 13.2. The van der Waals surface area contributed by atoms with E-state index in [2.05, 4.69) is 15.6 Å². The first-order valence-corrected chi connectivity index (χ1v) is 9.46.